The van der Waals surface area contributed by atoms with E-state index in [0.29, 0.717) is 12.2 Å². The van der Waals surface area contributed by atoms with Gasteiger partial charge in [-0.3, -0.25) is 4.90 Å². The van der Waals surface area contributed by atoms with Gasteiger partial charge in [0.1, 0.15) is 5.82 Å². The molecule has 0 unspecified atom stereocenters. The molecular weight excluding hydrogens is 432 g/mol. The topological polar surface area (TPSA) is 69.0 Å². The average Bonchev–Trinajstić information content (AvgIpc) is 3.17. The first-order chi connectivity index (χ1) is 14.4. The summed E-state index contributed by atoms with van der Waals surface area (Å²) >= 11 is 1.54. The molecule has 1 N–H and O–H groups in total. The van der Waals surface area contributed by atoms with Crippen molar-refractivity contribution in [1.82, 2.24) is 9.88 Å². The predicted molar refractivity (Wildman–Crippen MR) is 132 cm³/mol. The zero-order chi connectivity index (χ0) is 21.7. The summed E-state index contributed by atoms with van der Waals surface area (Å²) in [5, 5.41) is 12.6. The molecule has 1 aliphatic carbocycles. The van der Waals surface area contributed by atoms with E-state index in [1.807, 2.05) is 23.7 Å². The molecule has 1 aromatic heterocycles. The summed E-state index contributed by atoms with van der Waals surface area (Å²) in [5.41, 5.74) is 4.48. The average molecular weight is 465 g/mol. The molecule has 31 heavy (non-hydrogen) atoms. The van der Waals surface area contributed by atoms with Crippen LogP contribution in [0.25, 0.3) is 0 Å². The maximum atomic E-state index is 11.9. The van der Waals surface area contributed by atoms with Gasteiger partial charge in [0.05, 0.1) is 17.0 Å². The van der Waals surface area contributed by atoms with Crippen LogP contribution in [0.5, 0.6) is 0 Å². The standard InChI is InChI=1S/C23H32N4O2S.ClH/c1-5-26(4)15-24-20-12-16(2)18(11-17(20)3)13-22-25-21(14-30-22)27(23(28)29)19-9-7-6-8-10-19;/h11-12,14-15,19H,5-10,13H2,1-4H3,(H,28,29);1H. The fraction of sp³-hybridized carbons (Fsp3) is 0.522. The molecule has 1 aliphatic rings. The first kappa shape index (κ1) is 25.1. The molecule has 1 saturated carbocycles. The lowest BCUT2D eigenvalue weighted by molar-refractivity contribution is 0.196. The maximum absolute atomic E-state index is 11.9. The summed E-state index contributed by atoms with van der Waals surface area (Å²) in [4.78, 5) is 24.7. The van der Waals surface area contributed by atoms with Crippen LogP contribution < -0.4 is 4.90 Å². The van der Waals surface area contributed by atoms with Crippen molar-refractivity contribution in [3.63, 3.8) is 0 Å². The summed E-state index contributed by atoms with van der Waals surface area (Å²) in [6, 6.07) is 4.34. The van der Waals surface area contributed by atoms with Gasteiger partial charge in [-0.15, -0.1) is 23.7 Å². The van der Waals surface area contributed by atoms with Crippen LogP contribution in [0.4, 0.5) is 16.3 Å². The number of amides is 1. The first-order valence-electron chi connectivity index (χ1n) is 10.7. The Balaban J connectivity index is 0.00000341. The Morgan fingerprint density at radius 1 is 1.26 bits per heavy atom. The van der Waals surface area contributed by atoms with Gasteiger partial charge in [-0.05, 0) is 56.4 Å². The van der Waals surface area contributed by atoms with E-state index < -0.39 is 6.09 Å². The van der Waals surface area contributed by atoms with Crippen LogP contribution in [-0.2, 0) is 6.42 Å². The number of aromatic nitrogens is 1. The van der Waals surface area contributed by atoms with Gasteiger partial charge in [-0.25, -0.2) is 14.8 Å². The second-order valence-electron chi connectivity index (χ2n) is 8.10. The number of hydrogen-bond acceptors (Lipinski definition) is 4. The Hall–Kier alpha value is -2.12. The summed E-state index contributed by atoms with van der Waals surface area (Å²) in [5.74, 6) is 0.576. The molecule has 1 amide bonds. The number of aliphatic imine (C=N–C) groups is 1. The molecular formula is C23H33ClN4O2S. The second-order valence-corrected chi connectivity index (χ2v) is 9.05. The highest BCUT2D eigenvalue weighted by molar-refractivity contribution is 7.10. The zero-order valence-corrected chi connectivity index (χ0v) is 20.4. The van der Waals surface area contributed by atoms with Crippen molar-refractivity contribution in [3.8, 4) is 0 Å². The van der Waals surface area contributed by atoms with Crippen LogP contribution in [0, 0.1) is 13.8 Å². The molecule has 6 nitrogen and oxygen atoms in total. The zero-order valence-electron chi connectivity index (χ0n) is 18.8. The molecule has 2 aromatic rings. The predicted octanol–water partition coefficient (Wildman–Crippen LogP) is 6.20. The van der Waals surface area contributed by atoms with Gasteiger partial charge in [-0.2, -0.15) is 0 Å². The van der Waals surface area contributed by atoms with Crippen LogP contribution in [0.3, 0.4) is 0 Å². The van der Waals surface area contributed by atoms with Crippen LogP contribution in [0.1, 0.15) is 60.7 Å². The van der Waals surface area contributed by atoms with E-state index in [2.05, 4.69) is 37.9 Å². The molecule has 0 spiro atoms. The first-order valence-corrected chi connectivity index (χ1v) is 11.6. The number of nitrogens with zero attached hydrogens (tertiary/aromatic N) is 4. The Kier molecular flexibility index (Phi) is 9.32. The minimum absolute atomic E-state index is 0. The van der Waals surface area contributed by atoms with Crippen LogP contribution in [-0.4, -0.2) is 47.1 Å². The van der Waals surface area contributed by atoms with Gasteiger partial charge < -0.3 is 10.0 Å². The molecule has 0 saturated heterocycles. The van der Waals surface area contributed by atoms with E-state index in [1.54, 1.807) is 0 Å². The van der Waals surface area contributed by atoms with Gasteiger partial charge >= 0.3 is 6.09 Å². The highest BCUT2D eigenvalue weighted by atomic mass is 35.5. The molecule has 1 heterocycles. The molecule has 1 aromatic carbocycles. The minimum Gasteiger partial charge on any atom is -0.465 e. The number of aryl methyl sites for hydroxylation is 2. The molecule has 0 bridgehead atoms. The van der Waals surface area contributed by atoms with E-state index in [1.165, 1.54) is 33.8 Å². The van der Waals surface area contributed by atoms with Crippen molar-refractivity contribution < 1.29 is 9.90 Å². The lowest BCUT2D eigenvalue weighted by Gasteiger charge is -2.30. The van der Waals surface area contributed by atoms with Crippen molar-refractivity contribution in [3.05, 3.63) is 39.2 Å². The number of benzene rings is 1. The second kappa shape index (κ2) is 11.5. The van der Waals surface area contributed by atoms with Crippen LogP contribution >= 0.6 is 23.7 Å². The third-order valence-electron chi connectivity index (χ3n) is 5.82. The monoisotopic (exact) mass is 464 g/mol. The van der Waals surface area contributed by atoms with Crippen molar-refractivity contribution in [1.29, 1.82) is 0 Å². The third kappa shape index (κ3) is 6.43. The third-order valence-corrected chi connectivity index (χ3v) is 6.66. The van der Waals surface area contributed by atoms with E-state index in [9.17, 15) is 9.90 Å². The molecule has 170 valence electrons. The summed E-state index contributed by atoms with van der Waals surface area (Å²) in [6.07, 6.45) is 6.89. The summed E-state index contributed by atoms with van der Waals surface area (Å²) in [6.45, 7) is 7.18. The van der Waals surface area contributed by atoms with Crippen molar-refractivity contribution in [2.75, 3.05) is 18.5 Å². The smallest absolute Gasteiger partial charge is 0.413 e. The number of carboxylic acid groups (broad SMARTS) is 1. The molecule has 1 fully saturated rings. The SMILES string of the molecule is CCN(C)C=Nc1cc(C)c(Cc2nc(N(C(=O)O)C3CCCCC3)cs2)cc1C.Cl. The molecule has 3 rings (SSSR count). The molecule has 0 aliphatic heterocycles. The van der Waals surface area contributed by atoms with Crippen molar-refractivity contribution >= 4 is 47.7 Å². The molecule has 8 heteroatoms. The number of halogens is 1. The number of carbonyl (C=O) groups is 1. The van der Waals surface area contributed by atoms with E-state index in [4.69, 9.17) is 4.98 Å². The minimum atomic E-state index is -0.898. The number of hydrogen-bond donors (Lipinski definition) is 1. The fourth-order valence-corrected chi connectivity index (χ4v) is 4.66. The number of thiazole rings is 1. The van der Waals surface area contributed by atoms with Crippen LogP contribution in [0.2, 0.25) is 0 Å². The Labute approximate surface area is 195 Å². The van der Waals surface area contributed by atoms with Gasteiger partial charge in [0, 0.05) is 31.4 Å². The highest BCUT2D eigenvalue weighted by Gasteiger charge is 2.28. The number of anilines is 1. The van der Waals surface area contributed by atoms with Gasteiger partial charge in [0.25, 0.3) is 0 Å². The van der Waals surface area contributed by atoms with E-state index >= 15 is 0 Å². The van der Waals surface area contributed by atoms with Crippen molar-refractivity contribution in [2.45, 2.75) is 65.3 Å². The Bertz CT molecular complexity index is 909. The maximum Gasteiger partial charge on any atom is 0.413 e. The van der Waals surface area contributed by atoms with E-state index in [0.717, 1.165) is 48.5 Å². The van der Waals surface area contributed by atoms with E-state index in [-0.39, 0.29) is 18.4 Å². The van der Waals surface area contributed by atoms with Gasteiger partial charge in [0.2, 0.25) is 0 Å². The largest absolute Gasteiger partial charge is 0.465 e. The lowest BCUT2D eigenvalue weighted by atomic mass is 9.94. The van der Waals surface area contributed by atoms with Gasteiger partial charge in [-0.1, -0.05) is 25.3 Å². The lowest BCUT2D eigenvalue weighted by Crippen LogP contribution is -2.41. The van der Waals surface area contributed by atoms with Crippen molar-refractivity contribution in [2.24, 2.45) is 4.99 Å². The highest BCUT2D eigenvalue weighted by Crippen LogP contribution is 2.30. The Morgan fingerprint density at radius 3 is 2.61 bits per heavy atom. The van der Waals surface area contributed by atoms with Crippen LogP contribution in [0.15, 0.2) is 22.5 Å². The molecule has 0 radical (unpaired) electrons. The summed E-state index contributed by atoms with van der Waals surface area (Å²) in [7, 11) is 2.01. The summed E-state index contributed by atoms with van der Waals surface area (Å²) < 4.78 is 0. The normalized spacial score (nSPS) is 14.5. The fourth-order valence-electron chi connectivity index (χ4n) is 3.87. The Morgan fingerprint density at radius 2 is 1.97 bits per heavy atom. The molecule has 0 atom stereocenters. The number of rotatable bonds is 7. The van der Waals surface area contributed by atoms with Gasteiger partial charge in [0.15, 0.2) is 0 Å². The quantitative estimate of drug-likeness (QED) is 0.391.